The molecule has 0 aromatic heterocycles. The Bertz CT molecular complexity index is 1200. The highest BCUT2D eigenvalue weighted by atomic mass is 32.3. The molecule has 0 unspecified atom stereocenters. The van der Waals surface area contributed by atoms with Gasteiger partial charge in [-0.05, 0) is 13.8 Å². The van der Waals surface area contributed by atoms with Crippen LogP contribution in [0.25, 0.3) is 0 Å². The lowest BCUT2D eigenvalue weighted by atomic mass is 10.2. The van der Waals surface area contributed by atoms with Crippen molar-refractivity contribution < 1.29 is 140 Å². The molecular formula is C19H23F12O18S+. The number of rotatable bonds is 6. The molecule has 6 N–H and O–H groups in total. The van der Waals surface area contributed by atoms with Crippen molar-refractivity contribution in [1.82, 2.24) is 0 Å². The summed E-state index contributed by atoms with van der Waals surface area (Å²) in [5.74, 6) is -18.8. The molecule has 18 nitrogen and oxygen atoms in total. The Balaban J connectivity index is -0.000000131. The molecule has 0 aromatic rings. The zero-order valence-electron chi connectivity index (χ0n) is 25.2. The van der Waals surface area contributed by atoms with E-state index in [2.05, 4.69) is 18.9 Å². The number of carbonyl (C=O) groups excluding carboxylic acids is 5. The normalized spacial score (nSPS) is 14.1. The van der Waals surface area contributed by atoms with Gasteiger partial charge >= 0.3 is 72.0 Å². The van der Waals surface area contributed by atoms with E-state index in [1.807, 2.05) is 0 Å². The first-order valence-electron chi connectivity index (χ1n) is 11.1. The van der Waals surface area contributed by atoms with Crippen molar-refractivity contribution in [3.8, 4) is 0 Å². The summed E-state index contributed by atoms with van der Waals surface area (Å²) in [6, 6.07) is 0. The van der Waals surface area contributed by atoms with Gasteiger partial charge in [0.15, 0.2) is 0 Å². The van der Waals surface area contributed by atoms with Gasteiger partial charge in [0.2, 0.25) is 5.78 Å². The second-order valence-electron chi connectivity index (χ2n) is 7.22. The van der Waals surface area contributed by atoms with Gasteiger partial charge in [-0.1, -0.05) is 0 Å². The molecule has 0 saturated carbocycles. The lowest BCUT2D eigenvalue weighted by molar-refractivity contribution is -0.450. The highest BCUT2D eigenvalue weighted by molar-refractivity contribution is 7.79. The molecule has 1 aliphatic rings. The van der Waals surface area contributed by atoms with E-state index >= 15 is 0 Å². The third-order valence-corrected chi connectivity index (χ3v) is 3.47. The van der Waals surface area contributed by atoms with Gasteiger partial charge in [-0.2, -0.15) is 47.9 Å². The predicted octanol–water partition coefficient (Wildman–Crippen LogP) is 0.963. The minimum atomic E-state index is -6.28. The van der Waals surface area contributed by atoms with Crippen LogP contribution in [0.5, 0.6) is 0 Å². The van der Waals surface area contributed by atoms with Crippen LogP contribution in [0.4, 0.5) is 52.7 Å². The number of esters is 4. The Morgan fingerprint density at radius 3 is 1.16 bits per heavy atom. The number of ether oxygens (including phenoxy) is 4. The van der Waals surface area contributed by atoms with Gasteiger partial charge < -0.3 is 34.6 Å². The molecule has 0 amide bonds. The van der Waals surface area contributed by atoms with Gasteiger partial charge in [-0.25, -0.2) is 41.9 Å². The molecule has 1 aliphatic heterocycles. The highest BCUT2D eigenvalue weighted by Gasteiger charge is 2.81. The molecule has 31 heteroatoms. The van der Waals surface area contributed by atoms with Crippen molar-refractivity contribution in [2.75, 3.05) is 13.2 Å². The molecule has 50 heavy (non-hydrogen) atoms. The average Bonchev–Trinajstić information content (AvgIpc) is 2.89. The van der Waals surface area contributed by atoms with E-state index in [9.17, 15) is 86.2 Å². The SMILES string of the molecule is CC(=O)C(F)(F)F.CCOC(=O)C(F)C(=O)OCC.O.O=C(O)C(F)C(=O)O.O=C1OC(C(F)(F)F)(C(F)(F)F)OC(=O)C1F.O=S(=O)(O)O.[H+]. The number of carboxylic acids is 2. The lowest BCUT2D eigenvalue weighted by Gasteiger charge is -2.37. The molecule has 0 aromatic carbocycles. The number of hydrogen-bond donors (Lipinski definition) is 4. The number of cyclic esters (lactones) is 2. The van der Waals surface area contributed by atoms with Crippen molar-refractivity contribution in [2.24, 2.45) is 0 Å². The van der Waals surface area contributed by atoms with E-state index in [-0.39, 0.29) is 20.1 Å². The van der Waals surface area contributed by atoms with Crippen LogP contribution in [0.3, 0.4) is 0 Å². The second-order valence-corrected chi connectivity index (χ2v) is 8.12. The van der Waals surface area contributed by atoms with Crippen molar-refractivity contribution in [1.29, 1.82) is 0 Å². The smallest absolute Gasteiger partial charge is 0.479 e. The van der Waals surface area contributed by atoms with Crippen LogP contribution in [0, 0.1) is 0 Å². The zero-order chi connectivity index (χ0) is 40.5. The molecule has 296 valence electrons. The maximum absolute atomic E-state index is 12.6. The van der Waals surface area contributed by atoms with Gasteiger partial charge in [-0.15, -0.1) is 0 Å². The lowest BCUT2D eigenvalue weighted by Crippen LogP contribution is -2.66. The summed E-state index contributed by atoms with van der Waals surface area (Å²) < 4.78 is 188. The van der Waals surface area contributed by atoms with E-state index in [0.29, 0.717) is 6.92 Å². The molecule has 0 radical (unpaired) electrons. The Labute approximate surface area is 269 Å². The number of carbonyl (C=O) groups is 7. The van der Waals surface area contributed by atoms with E-state index < -0.39 is 94.8 Å². The van der Waals surface area contributed by atoms with Gasteiger partial charge in [0.05, 0.1) is 13.2 Å². The van der Waals surface area contributed by atoms with Crippen molar-refractivity contribution >= 4 is 52.0 Å². The van der Waals surface area contributed by atoms with E-state index in [1.165, 1.54) is 13.8 Å². The Kier molecular flexibility index (Phi) is 24.4. The Morgan fingerprint density at radius 2 is 1.02 bits per heavy atom. The number of carboxylic acid groups (broad SMARTS) is 2. The summed E-state index contributed by atoms with van der Waals surface area (Å²) in [7, 11) is -4.67. The molecule has 1 fully saturated rings. The Morgan fingerprint density at radius 1 is 0.780 bits per heavy atom. The summed E-state index contributed by atoms with van der Waals surface area (Å²) >= 11 is 0. The number of ketones is 1. The standard InChI is InChI=1S/C7H11FO4.C6HF7O4.C3H3F3O.C3H3FO4.H2O4S.H2O/c1-3-11-6(9)5(8)7(10)12-4-2;7-1-2(14)16-4(5(8,9)10,6(11,12)13)17-3(1)15;1-2(7)3(4,5)6;4-1(2(5)6)3(7)8;1-5(2,3)4;/h5H,3-4H2,1-2H3;1H;1H3;1H,(H,5,6)(H,7,8);(H2,1,2,3,4);1H2/p+1. The van der Waals surface area contributed by atoms with Crippen LogP contribution in [-0.2, 0) is 62.9 Å². The molecule has 0 bridgehead atoms. The summed E-state index contributed by atoms with van der Waals surface area (Å²) in [6.45, 7) is 3.61. The minimum Gasteiger partial charge on any atom is -0.479 e. The van der Waals surface area contributed by atoms with Crippen LogP contribution < -0.4 is 0 Å². The summed E-state index contributed by atoms with van der Waals surface area (Å²) in [6.07, 6.45) is -25.7. The van der Waals surface area contributed by atoms with Gasteiger partial charge in [0.25, 0.3) is 18.5 Å². The highest BCUT2D eigenvalue weighted by Crippen LogP contribution is 2.48. The molecule has 0 spiro atoms. The molecular weight excluding hydrogens is 776 g/mol. The molecule has 0 aliphatic carbocycles. The maximum Gasteiger partial charge on any atom is 1.00 e. The van der Waals surface area contributed by atoms with Crippen molar-refractivity contribution in [3.05, 3.63) is 0 Å². The molecule has 1 rings (SSSR count). The molecule has 0 atom stereocenters. The fraction of sp³-hybridized carbons (Fsp3) is 0.632. The minimum absolute atomic E-state index is 0. The van der Waals surface area contributed by atoms with Crippen LogP contribution in [-0.4, -0.2) is 131 Å². The van der Waals surface area contributed by atoms with Gasteiger partial charge in [0.1, 0.15) is 0 Å². The number of alkyl halides is 12. The summed E-state index contributed by atoms with van der Waals surface area (Å²) in [5.41, 5.74) is 0. The number of Topliss-reactive ketones (excluding diaryl/α,β-unsaturated/α-hetero) is 1. The van der Waals surface area contributed by atoms with Crippen LogP contribution >= 0.6 is 0 Å². The first-order chi connectivity index (χ1) is 21.5. The monoisotopic (exact) mass is 799 g/mol. The van der Waals surface area contributed by atoms with Gasteiger partial charge in [-0.3, -0.25) is 13.9 Å². The number of halogens is 12. The fourth-order valence-corrected chi connectivity index (χ4v) is 1.53. The van der Waals surface area contributed by atoms with E-state index in [4.69, 9.17) is 27.7 Å². The first-order valence-corrected chi connectivity index (χ1v) is 12.5. The van der Waals surface area contributed by atoms with Crippen LogP contribution in [0.1, 0.15) is 22.2 Å². The van der Waals surface area contributed by atoms with E-state index in [0.717, 1.165) is 0 Å². The third-order valence-electron chi connectivity index (χ3n) is 3.47. The van der Waals surface area contributed by atoms with Crippen LogP contribution in [0.15, 0.2) is 0 Å². The van der Waals surface area contributed by atoms with Crippen molar-refractivity contribution in [2.45, 2.75) is 63.6 Å². The average molecular weight is 799 g/mol. The van der Waals surface area contributed by atoms with Crippen LogP contribution in [0.2, 0.25) is 0 Å². The first kappa shape index (κ1) is 54.9. The van der Waals surface area contributed by atoms with Crippen molar-refractivity contribution in [3.63, 3.8) is 0 Å². The number of aliphatic carboxylic acids is 2. The topological polar surface area (TPSA) is 303 Å². The summed E-state index contributed by atoms with van der Waals surface area (Å²) in [5, 5.41) is 15.2. The fourth-order valence-electron chi connectivity index (χ4n) is 1.53. The summed E-state index contributed by atoms with van der Waals surface area (Å²) in [4.78, 5) is 70.1. The van der Waals surface area contributed by atoms with E-state index in [1.54, 1.807) is 0 Å². The molecule has 1 heterocycles. The molecule has 1 saturated heterocycles. The second kappa shape index (κ2) is 22.2. The Hall–Kier alpha value is -4.52. The largest absolute Gasteiger partial charge is 1.00 e. The van der Waals surface area contributed by atoms with Gasteiger partial charge in [0, 0.05) is 6.92 Å². The number of hydrogen-bond acceptors (Lipinski definition) is 13. The third kappa shape index (κ3) is 22.2. The maximum atomic E-state index is 12.6. The zero-order valence-corrected chi connectivity index (χ0v) is 25.0. The quantitative estimate of drug-likeness (QED) is 0.0956. The predicted molar refractivity (Wildman–Crippen MR) is 126 cm³/mol.